The lowest BCUT2D eigenvalue weighted by Gasteiger charge is -2.22. The molecule has 0 aliphatic carbocycles. The Morgan fingerprint density at radius 1 is 0.615 bits per heavy atom. The number of hydrogen-bond donors (Lipinski definition) is 0. The van der Waals surface area contributed by atoms with Crippen LogP contribution in [0.3, 0.4) is 0 Å². The van der Waals surface area contributed by atoms with Crippen LogP contribution in [0.15, 0.2) is 97.1 Å². The fourth-order valence-corrected chi connectivity index (χ4v) is 6.22. The molecule has 4 rings (SSSR count). The normalized spacial score (nSPS) is 11.4. The van der Waals surface area contributed by atoms with Crippen LogP contribution in [0, 0.1) is 0 Å². The maximum absolute atomic E-state index is 14.5. The van der Waals surface area contributed by atoms with Crippen LogP contribution in [-0.2, 0) is 4.57 Å². The molecule has 0 aromatic heterocycles. The molecule has 0 N–H and O–H groups in total. The molecular formula is C23H17O2P. The summed E-state index contributed by atoms with van der Waals surface area (Å²) in [6.07, 6.45) is 0.830. The average molecular weight is 356 g/mol. The SMILES string of the molecule is O=Cc1c(P(=O)(c2ccccc2)c2ccccc2)ccc2ccccc12. The molecule has 0 atom stereocenters. The summed E-state index contributed by atoms with van der Waals surface area (Å²) < 4.78 is 14.5. The molecule has 0 heterocycles. The minimum absolute atomic E-state index is 0.499. The molecule has 0 bridgehead atoms. The minimum atomic E-state index is -3.17. The lowest BCUT2D eigenvalue weighted by atomic mass is 10.1. The van der Waals surface area contributed by atoms with E-state index in [1.165, 1.54) is 0 Å². The van der Waals surface area contributed by atoms with Crippen molar-refractivity contribution < 1.29 is 9.36 Å². The van der Waals surface area contributed by atoms with Gasteiger partial charge in [-0.05, 0) is 16.8 Å². The van der Waals surface area contributed by atoms with E-state index in [1.54, 1.807) is 0 Å². The van der Waals surface area contributed by atoms with Gasteiger partial charge in [0.1, 0.15) is 0 Å². The molecule has 0 aliphatic rings. The van der Waals surface area contributed by atoms with Crippen molar-refractivity contribution in [3.63, 3.8) is 0 Å². The van der Waals surface area contributed by atoms with Gasteiger partial charge in [-0.2, -0.15) is 0 Å². The molecule has 0 spiro atoms. The van der Waals surface area contributed by atoms with Crippen LogP contribution in [0.1, 0.15) is 10.4 Å². The summed E-state index contributed by atoms with van der Waals surface area (Å²) in [6.45, 7) is 0. The first-order valence-corrected chi connectivity index (χ1v) is 10.1. The quantitative estimate of drug-likeness (QED) is 0.404. The monoisotopic (exact) mass is 356 g/mol. The number of fused-ring (bicyclic) bond motifs is 1. The molecule has 0 unspecified atom stereocenters. The number of rotatable bonds is 4. The molecule has 0 amide bonds. The Hall–Kier alpha value is -2.96. The van der Waals surface area contributed by atoms with Gasteiger partial charge in [0, 0.05) is 21.5 Å². The first kappa shape index (κ1) is 16.5. The maximum Gasteiger partial charge on any atom is 0.171 e. The molecular weight excluding hydrogens is 339 g/mol. The third-order valence-corrected chi connectivity index (χ3v) is 7.76. The van der Waals surface area contributed by atoms with Crippen molar-refractivity contribution in [1.82, 2.24) is 0 Å². The van der Waals surface area contributed by atoms with E-state index >= 15 is 0 Å². The zero-order valence-electron chi connectivity index (χ0n) is 14.1. The third-order valence-electron chi connectivity index (χ3n) is 4.64. The van der Waals surface area contributed by atoms with Crippen LogP contribution in [0.4, 0.5) is 0 Å². The highest BCUT2D eigenvalue weighted by Crippen LogP contribution is 2.44. The van der Waals surface area contributed by atoms with Crippen LogP contribution >= 0.6 is 7.14 Å². The number of aldehydes is 1. The smallest absolute Gasteiger partial charge is 0.171 e. The topological polar surface area (TPSA) is 34.1 Å². The summed E-state index contributed by atoms with van der Waals surface area (Å²) in [4.78, 5) is 12.0. The highest BCUT2D eigenvalue weighted by molar-refractivity contribution is 7.85. The number of hydrogen-bond acceptors (Lipinski definition) is 2. The Balaban J connectivity index is 2.10. The Kier molecular flexibility index (Phi) is 4.28. The van der Waals surface area contributed by atoms with Crippen molar-refractivity contribution in [2.75, 3.05) is 0 Å². The molecule has 4 aromatic carbocycles. The Bertz CT molecular complexity index is 1080. The van der Waals surface area contributed by atoms with Crippen LogP contribution in [0.2, 0.25) is 0 Å². The molecule has 0 saturated carbocycles. The summed E-state index contributed by atoms with van der Waals surface area (Å²) in [7, 11) is -3.17. The Labute approximate surface area is 152 Å². The molecule has 0 saturated heterocycles. The number of carbonyl (C=O) groups is 1. The van der Waals surface area contributed by atoms with Gasteiger partial charge in [0.25, 0.3) is 0 Å². The lowest BCUT2D eigenvalue weighted by molar-refractivity contribution is 0.112. The van der Waals surface area contributed by atoms with Gasteiger partial charge >= 0.3 is 0 Å². The summed E-state index contributed by atoms with van der Waals surface area (Å²) in [5.41, 5.74) is 0.499. The minimum Gasteiger partial charge on any atom is -0.309 e. The zero-order valence-corrected chi connectivity index (χ0v) is 15.0. The first-order chi connectivity index (χ1) is 12.7. The van der Waals surface area contributed by atoms with Crippen LogP contribution < -0.4 is 15.9 Å². The Morgan fingerprint density at radius 3 is 1.73 bits per heavy atom. The van der Waals surface area contributed by atoms with E-state index in [0.717, 1.165) is 27.7 Å². The van der Waals surface area contributed by atoms with E-state index in [2.05, 4.69) is 0 Å². The molecule has 3 heteroatoms. The predicted molar refractivity (Wildman–Crippen MR) is 109 cm³/mol. The van der Waals surface area contributed by atoms with E-state index in [9.17, 15) is 9.36 Å². The van der Waals surface area contributed by atoms with Gasteiger partial charge in [-0.15, -0.1) is 0 Å². The average Bonchev–Trinajstić information content (AvgIpc) is 2.73. The third kappa shape index (κ3) is 2.60. The summed E-state index contributed by atoms with van der Waals surface area (Å²) in [5.74, 6) is 0. The van der Waals surface area contributed by atoms with Crippen molar-refractivity contribution in [2.45, 2.75) is 0 Å². The van der Waals surface area contributed by atoms with Crippen LogP contribution in [0.5, 0.6) is 0 Å². The molecule has 0 aliphatic heterocycles. The Morgan fingerprint density at radius 2 is 1.15 bits per heavy atom. The summed E-state index contributed by atoms with van der Waals surface area (Å²) in [6, 6.07) is 30.3. The van der Waals surface area contributed by atoms with Crippen molar-refractivity contribution >= 4 is 40.1 Å². The van der Waals surface area contributed by atoms with Crippen LogP contribution in [0.25, 0.3) is 10.8 Å². The first-order valence-electron chi connectivity index (χ1n) is 8.44. The maximum atomic E-state index is 14.5. The number of carbonyl (C=O) groups excluding carboxylic acids is 1. The standard InChI is InChI=1S/C23H17O2P/c24-17-22-21-14-8-7-9-18(21)15-16-23(22)26(25,19-10-3-1-4-11-19)20-12-5-2-6-13-20/h1-17H. The fraction of sp³-hybridized carbons (Fsp3) is 0. The van der Waals surface area contributed by atoms with Gasteiger partial charge in [-0.3, -0.25) is 4.79 Å². The second kappa shape index (κ2) is 6.74. The van der Waals surface area contributed by atoms with Crippen molar-refractivity contribution in [2.24, 2.45) is 0 Å². The zero-order chi connectivity index (χ0) is 18.0. The fourth-order valence-electron chi connectivity index (χ4n) is 3.39. The highest BCUT2D eigenvalue weighted by Gasteiger charge is 2.32. The number of benzene rings is 4. The lowest BCUT2D eigenvalue weighted by Crippen LogP contribution is -2.27. The van der Waals surface area contributed by atoms with Crippen molar-refractivity contribution in [3.05, 3.63) is 103 Å². The molecule has 0 radical (unpaired) electrons. The largest absolute Gasteiger partial charge is 0.309 e. The van der Waals surface area contributed by atoms with Gasteiger partial charge in [-0.1, -0.05) is 91.0 Å². The van der Waals surface area contributed by atoms with E-state index < -0.39 is 7.14 Å². The van der Waals surface area contributed by atoms with E-state index in [0.29, 0.717) is 10.9 Å². The molecule has 4 aromatic rings. The van der Waals surface area contributed by atoms with Crippen LogP contribution in [-0.4, -0.2) is 6.29 Å². The van der Waals surface area contributed by atoms with Gasteiger partial charge in [0.2, 0.25) is 0 Å². The summed E-state index contributed by atoms with van der Waals surface area (Å²) >= 11 is 0. The van der Waals surface area contributed by atoms with Gasteiger partial charge in [0.15, 0.2) is 13.4 Å². The van der Waals surface area contributed by atoms with E-state index in [-0.39, 0.29) is 0 Å². The van der Waals surface area contributed by atoms with E-state index in [4.69, 9.17) is 0 Å². The second-order valence-corrected chi connectivity index (χ2v) is 8.85. The van der Waals surface area contributed by atoms with Gasteiger partial charge in [-0.25, -0.2) is 0 Å². The second-order valence-electron chi connectivity index (χ2n) is 6.12. The molecule has 2 nitrogen and oxygen atoms in total. The molecule has 0 fully saturated rings. The molecule has 126 valence electrons. The predicted octanol–water partition coefficient (Wildman–Crippen LogP) is 4.29. The molecule has 26 heavy (non-hydrogen) atoms. The van der Waals surface area contributed by atoms with Gasteiger partial charge in [0.05, 0.1) is 0 Å². The highest BCUT2D eigenvalue weighted by atomic mass is 31.2. The van der Waals surface area contributed by atoms with Gasteiger partial charge < -0.3 is 4.57 Å². The van der Waals surface area contributed by atoms with Crippen molar-refractivity contribution in [1.29, 1.82) is 0 Å². The summed E-state index contributed by atoms with van der Waals surface area (Å²) in [5, 5.41) is 3.83. The van der Waals surface area contributed by atoms with E-state index in [1.807, 2.05) is 97.1 Å². The van der Waals surface area contributed by atoms with Crippen molar-refractivity contribution in [3.8, 4) is 0 Å².